The number of furan rings is 1. The summed E-state index contributed by atoms with van der Waals surface area (Å²) in [6.07, 6.45) is 2.69. The van der Waals surface area contributed by atoms with Crippen LogP contribution in [0.2, 0.25) is 0 Å². The van der Waals surface area contributed by atoms with E-state index >= 15 is 0 Å². The first-order valence-electron chi connectivity index (χ1n) is 11.5. The molecule has 3 aromatic carbocycles. The Morgan fingerprint density at radius 3 is 2.53 bits per heavy atom. The number of aromatic hydroxyl groups is 1. The summed E-state index contributed by atoms with van der Waals surface area (Å²) in [6.45, 7) is 6.07. The van der Waals surface area contributed by atoms with Gasteiger partial charge in [0.05, 0.1) is 11.1 Å². The quantitative estimate of drug-likeness (QED) is 0.259. The van der Waals surface area contributed by atoms with Crippen LogP contribution in [0.1, 0.15) is 6.92 Å². The lowest BCUT2D eigenvalue weighted by molar-refractivity contribution is -0.111. The van der Waals surface area contributed by atoms with Crippen LogP contribution in [0, 0.1) is 0 Å². The second-order valence-corrected chi connectivity index (χ2v) is 8.06. The number of fused-ring (bicyclic) bond motifs is 1. The maximum absolute atomic E-state index is 12.0. The Kier molecular flexibility index (Phi) is 6.19. The van der Waals surface area contributed by atoms with Crippen LogP contribution in [0.5, 0.6) is 5.75 Å². The first-order chi connectivity index (χ1) is 17.6. The van der Waals surface area contributed by atoms with Crippen molar-refractivity contribution in [1.82, 2.24) is 9.97 Å². The molecule has 0 spiro atoms. The van der Waals surface area contributed by atoms with Gasteiger partial charge in [-0.25, -0.2) is 9.97 Å². The molecular formula is C29H24N4O3. The predicted octanol–water partition coefficient (Wildman–Crippen LogP) is 6.54. The first kappa shape index (κ1) is 22.9. The number of phenols is 1. The van der Waals surface area contributed by atoms with Crippen LogP contribution < -0.4 is 10.2 Å². The highest BCUT2D eigenvalue weighted by molar-refractivity contribution is 6.07. The SMILES string of the molecule is C=CC(=O)Nc1cccc(-c2c(-c3ccccc3)oc3ncnc(N(CC)c4ccccc4O)c23)c1. The van der Waals surface area contributed by atoms with Crippen molar-refractivity contribution in [3.05, 3.63) is 97.8 Å². The molecule has 2 heterocycles. The van der Waals surface area contributed by atoms with Gasteiger partial charge in [-0.05, 0) is 42.8 Å². The van der Waals surface area contributed by atoms with Crippen LogP contribution >= 0.6 is 0 Å². The average molecular weight is 477 g/mol. The van der Waals surface area contributed by atoms with Crippen LogP contribution in [0.25, 0.3) is 33.6 Å². The molecule has 0 radical (unpaired) electrons. The van der Waals surface area contributed by atoms with E-state index in [4.69, 9.17) is 4.42 Å². The van der Waals surface area contributed by atoms with Gasteiger partial charge in [0.25, 0.3) is 0 Å². The Labute approximate surface area is 208 Å². The summed E-state index contributed by atoms with van der Waals surface area (Å²) in [6, 6.07) is 24.4. The summed E-state index contributed by atoms with van der Waals surface area (Å²) in [7, 11) is 0. The smallest absolute Gasteiger partial charge is 0.247 e. The Balaban J connectivity index is 1.80. The van der Waals surface area contributed by atoms with Gasteiger partial charge in [0.1, 0.15) is 23.7 Å². The molecule has 5 aromatic rings. The fourth-order valence-electron chi connectivity index (χ4n) is 4.26. The van der Waals surface area contributed by atoms with Gasteiger partial charge in [-0.15, -0.1) is 0 Å². The first-order valence-corrected chi connectivity index (χ1v) is 11.5. The van der Waals surface area contributed by atoms with E-state index in [1.807, 2.05) is 78.6 Å². The minimum atomic E-state index is -0.298. The second kappa shape index (κ2) is 9.76. The molecule has 1 amide bonds. The Hall–Kier alpha value is -4.91. The molecule has 0 aliphatic rings. The molecule has 178 valence electrons. The number of rotatable bonds is 7. The third kappa shape index (κ3) is 4.18. The molecule has 5 rings (SSSR count). The molecule has 7 nitrogen and oxygen atoms in total. The van der Waals surface area contributed by atoms with Crippen molar-refractivity contribution in [3.63, 3.8) is 0 Å². The highest BCUT2D eigenvalue weighted by Crippen LogP contribution is 2.45. The Morgan fingerprint density at radius 1 is 1.03 bits per heavy atom. The predicted molar refractivity (Wildman–Crippen MR) is 142 cm³/mol. The largest absolute Gasteiger partial charge is 0.506 e. The van der Waals surface area contributed by atoms with E-state index in [1.54, 1.807) is 12.1 Å². The zero-order valence-electron chi connectivity index (χ0n) is 19.7. The highest BCUT2D eigenvalue weighted by Gasteiger charge is 2.25. The zero-order chi connectivity index (χ0) is 25.1. The molecule has 2 aromatic heterocycles. The van der Waals surface area contributed by atoms with Crippen molar-refractivity contribution < 1.29 is 14.3 Å². The van der Waals surface area contributed by atoms with Crippen LogP contribution in [-0.2, 0) is 4.79 Å². The molecule has 2 N–H and O–H groups in total. The summed E-state index contributed by atoms with van der Waals surface area (Å²) in [4.78, 5) is 23.0. The Morgan fingerprint density at radius 2 is 1.78 bits per heavy atom. The van der Waals surface area contributed by atoms with E-state index in [1.165, 1.54) is 12.4 Å². The third-order valence-electron chi connectivity index (χ3n) is 5.85. The van der Waals surface area contributed by atoms with E-state index in [9.17, 15) is 9.90 Å². The van der Waals surface area contributed by atoms with Crippen molar-refractivity contribution >= 4 is 34.2 Å². The fraction of sp³-hybridized carbons (Fsp3) is 0.0690. The van der Waals surface area contributed by atoms with Gasteiger partial charge < -0.3 is 19.7 Å². The number of aromatic nitrogens is 2. The van der Waals surface area contributed by atoms with Gasteiger partial charge in [-0.2, -0.15) is 0 Å². The second-order valence-electron chi connectivity index (χ2n) is 8.06. The van der Waals surface area contributed by atoms with E-state index in [0.717, 1.165) is 16.7 Å². The van der Waals surface area contributed by atoms with Gasteiger partial charge in [0, 0.05) is 23.4 Å². The van der Waals surface area contributed by atoms with E-state index in [-0.39, 0.29) is 11.7 Å². The zero-order valence-corrected chi connectivity index (χ0v) is 19.7. The van der Waals surface area contributed by atoms with Crippen molar-refractivity contribution in [1.29, 1.82) is 0 Å². The molecule has 36 heavy (non-hydrogen) atoms. The molecule has 0 atom stereocenters. The molecule has 0 saturated heterocycles. The monoisotopic (exact) mass is 476 g/mol. The summed E-state index contributed by atoms with van der Waals surface area (Å²) < 4.78 is 6.34. The van der Waals surface area contributed by atoms with Crippen molar-refractivity contribution in [2.45, 2.75) is 6.92 Å². The minimum Gasteiger partial charge on any atom is -0.506 e. The number of hydrogen-bond acceptors (Lipinski definition) is 6. The number of amides is 1. The van der Waals surface area contributed by atoms with Gasteiger partial charge in [0.2, 0.25) is 11.6 Å². The lowest BCUT2D eigenvalue weighted by Gasteiger charge is -2.23. The normalized spacial score (nSPS) is 10.8. The lowest BCUT2D eigenvalue weighted by atomic mass is 9.98. The van der Waals surface area contributed by atoms with Crippen LogP contribution in [0.4, 0.5) is 17.2 Å². The van der Waals surface area contributed by atoms with Gasteiger partial charge >= 0.3 is 0 Å². The summed E-state index contributed by atoms with van der Waals surface area (Å²) in [5.41, 5.74) is 4.15. The highest BCUT2D eigenvalue weighted by atomic mass is 16.3. The number of para-hydroxylation sites is 2. The Bertz CT molecular complexity index is 1560. The average Bonchev–Trinajstić information content (AvgIpc) is 3.31. The number of carbonyl (C=O) groups is 1. The summed E-state index contributed by atoms with van der Waals surface area (Å²) >= 11 is 0. The van der Waals surface area contributed by atoms with Gasteiger partial charge in [0.15, 0.2) is 0 Å². The van der Waals surface area contributed by atoms with Crippen LogP contribution in [-0.4, -0.2) is 27.5 Å². The number of phenolic OH excluding ortho intramolecular Hbond substituents is 1. The number of carbonyl (C=O) groups excluding carboxylic acids is 1. The molecule has 0 aliphatic heterocycles. The van der Waals surface area contributed by atoms with Crippen LogP contribution in [0.15, 0.2) is 102 Å². The minimum absolute atomic E-state index is 0.147. The lowest BCUT2D eigenvalue weighted by Crippen LogP contribution is -2.18. The number of benzene rings is 3. The van der Waals surface area contributed by atoms with Crippen molar-refractivity contribution in [2.75, 3.05) is 16.8 Å². The molecule has 7 heteroatoms. The number of hydrogen-bond donors (Lipinski definition) is 2. The standard InChI is InChI=1S/C29H24N4O3/c1-3-24(35)32-21-14-10-13-20(17-21)25-26-28(33(4-2)22-15-8-9-16-23(22)34)30-18-31-29(26)36-27(25)19-11-6-5-7-12-19/h3,5-18,34H,1,4H2,2H3,(H,32,35). The molecule has 0 bridgehead atoms. The summed E-state index contributed by atoms with van der Waals surface area (Å²) in [5, 5.41) is 14.1. The molecule has 0 saturated carbocycles. The van der Waals surface area contributed by atoms with Gasteiger partial charge in [-0.3, -0.25) is 4.79 Å². The van der Waals surface area contributed by atoms with E-state index in [2.05, 4.69) is 21.9 Å². The summed E-state index contributed by atoms with van der Waals surface area (Å²) in [5.74, 6) is 1.08. The maximum Gasteiger partial charge on any atom is 0.247 e. The number of anilines is 3. The topological polar surface area (TPSA) is 91.5 Å². The van der Waals surface area contributed by atoms with E-state index < -0.39 is 0 Å². The van der Waals surface area contributed by atoms with Gasteiger partial charge in [-0.1, -0.05) is 61.2 Å². The third-order valence-corrected chi connectivity index (χ3v) is 5.85. The fourth-order valence-corrected chi connectivity index (χ4v) is 4.26. The number of nitrogens with one attached hydrogen (secondary N) is 1. The van der Waals surface area contributed by atoms with Crippen LogP contribution in [0.3, 0.4) is 0 Å². The van der Waals surface area contributed by atoms with Crippen molar-refractivity contribution in [2.24, 2.45) is 0 Å². The molecular weight excluding hydrogens is 452 g/mol. The van der Waals surface area contributed by atoms with Crippen molar-refractivity contribution in [3.8, 4) is 28.2 Å². The van der Waals surface area contributed by atoms with E-state index in [0.29, 0.717) is 40.6 Å². The number of nitrogens with zero attached hydrogens (tertiary/aromatic N) is 3. The molecule has 0 fully saturated rings. The molecule has 0 aliphatic carbocycles. The maximum atomic E-state index is 12.0. The molecule has 0 unspecified atom stereocenters.